The zero-order chi connectivity index (χ0) is 25.9. The van der Waals surface area contributed by atoms with Crippen molar-refractivity contribution in [3.63, 3.8) is 0 Å². The molecule has 6 rings (SSSR count). The molecule has 2 amide bonds. The minimum atomic E-state index is -0.189. The molecule has 1 aromatic heterocycles. The summed E-state index contributed by atoms with van der Waals surface area (Å²) in [5.41, 5.74) is 1.50. The molecule has 0 unspecified atom stereocenters. The molecule has 194 valence electrons. The maximum absolute atomic E-state index is 13.7. The molecule has 0 saturated heterocycles. The van der Waals surface area contributed by atoms with E-state index in [0.29, 0.717) is 33.7 Å². The monoisotopic (exact) mass is 528 g/mol. The molecule has 38 heavy (non-hydrogen) atoms. The molecule has 0 bridgehead atoms. The number of hydrogen-bond donors (Lipinski definition) is 1. The van der Waals surface area contributed by atoms with Crippen LogP contribution >= 0.6 is 11.3 Å². The van der Waals surface area contributed by atoms with Gasteiger partial charge in [-0.05, 0) is 53.9 Å². The fourth-order valence-electron chi connectivity index (χ4n) is 5.15. The molecule has 4 aromatic rings. The maximum atomic E-state index is 13.7. The summed E-state index contributed by atoms with van der Waals surface area (Å²) < 4.78 is 10.8. The van der Waals surface area contributed by atoms with Crippen molar-refractivity contribution in [1.29, 1.82) is 0 Å². The summed E-state index contributed by atoms with van der Waals surface area (Å²) in [6.07, 6.45) is 5.52. The standard InChI is InChI=1S/C29H28N4O4S/c34-26(30-29-32-31-27(38-29)21-12-13-24-25(17-21)37-18-36-24)14-15-33(23-8-2-1-3-9-23)28(35)22-11-10-19-6-4-5-7-20(19)16-22/h4-7,10-13,16-17,23H,1-3,8-9,14-15,18H2,(H,30,32,34). The lowest BCUT2D eigenvalue weighted by Gasteiger charge is -2.34. The molecular weight excluding hydrogens is 500 g/mol. The average molecular weight is 529 g/mol. The Balaban J connectivity index is 1.13. The van der Waals surface area contributed by atoms with Crippen LogP contribution in [0.2, 0.25) is 0 Å². The number of carbonyl (C=O) groups is 2. The van der Waals surface area contributed by atoms with Gasteiger partial charge in [-0.25, -0.2) is 0 Å². The van der Waals surface area contributed by atoms with Crippen LogP contribution in [0.15, 0.2) is 60.7 Å². The van der Waals surface area contributed by atoms with Gasteiger partial charge in [0.15, 0.2) is 11.5 Å². The van der Waals surface area contributed by atoms with Crippen molar-refractivity contribution in [3.05, 3.63) is 66.2 Å². The van der Waals surface area contributed by atoms with E-state index in [9.17, 15) is 9.59 Å². The zero-order valence-corrected chi connectivity index (χ0v) is 21.7. The van der Waals surface area contributed by atoms with E-state index in [2.05, 4.69) is 15.5 Å². The summed E-state index contributed by atoms with van der Waals surface area (Å²) >= 11 is 1.30. The van der Waals surface area contributed by atoms with Gasteiger partial charge in [0.25, 0.3) is 5.91 Å². The number of nitrogens with one attached hydrogen (secondary N) is 1. The predicted molar refractivity (Wildman–Crippen MR) is 147 cm³/mol. The number of hydrogen-bond acceptors (Lipinski definition) is 7. The van der Waals surface area contributed by atoms with Gasteiger partial charge in [0, 0.05) is 30.1 Å². The summed E-state index contributed by atoms with van der Waals surface area (Å²) in [7, 11) is 0. The first-order valence-corrected chi connectivity index (χ1v) is 13.8. The molecule has 0 radical (unpaired) electrons. The Labute approximate surface area is 224 Å². The van der Waals surface area contributed by atoms with Crippen molar-refractivity contribution in [3.8, 4) is 22.1 Å². The van der Waals surface area contributed by atoms with Crippen LogP contribution in [-0.4, -0.2) is 46.3 Å². The molecule has 2 heterocycles. The number of carbonyl (C=O) groups excluding carboxylic acids is 2. The van der Waals surface area contributed by atoms with Gasteiger partial charge in [0.2, 0.25) is 17.8 Å². The van der Waals surface area contributed by atoms with Gasteiger partial charge in [-0.2, -0.15) is 0 Å². The van der Waals surface area contributed by atoms with E-state index in [1.54, 1.807) is 0 Å². The Bertz CT molecular complexity index is 1480. The lowest BCUT2D eigenvalue weighted by Crippen LogP contribution is -2.43. The molecule has 1 aliphatic carbocycles. The lowest BCUT2D eigenvalue weighted by atomic mass is 9.93. The number of ether oxygens (including phenoxy) is 2. The van der Waals surface area contributed by atoms with E-state index in [1.165, 1.54) is 17.8 Å². The van der Waals surface area contributed by atoms with Gasteiger partial charge in [-0.15, -0.1) is 10.2 Å². The van der Waals surface area contributed by atoms with E-state index in [1.807, 2.05) is 65.6 Å². The average Bonchev–Trinajstić information content (AvgIpc) is 3.62. The second kappa shape index (κ2) is 10.8. The number of aromatic nitrogens is 2. The lowest BCUT2D eigenvalue weighted by molar-refractivity contribution is -0.116. The molecule has 8 nitrogen and oxygen atoms in total. The van der Waals surface area contributed by atoms with Crippen molar-refractivity contribution >= 4 is 39.1 Å². The molecule has 1 aliphatic heterocycles. The Morgan fingerprint density at radius 1 is 0.921 bits per heavy atom. The fourth-order valence-corrected chi connectivity index (χ4v) is 5.91. The third-order valence-corrected chi connectivity index (χ3v) is 8.03. The van der Waals surface area contributed by atoms with Crippen LogP contribution in [0.5, 0.6) is 11.5 Å². The van der Waals surface area contributed by atoms with Crippen LogP contribution in [0.25, 0.3) is 21.3 Å². The predicted octanol–water partition coefficient (Wildman–Crippen LogP) is 5.89. The van der Waals surface area contributed by atoms with Crippen molar-refractivity contribution < 1.29 is 19.1 Å². The van der Waals surface area contributed by atoms with Gasteiger partial charge < -0.3 is 19.7 Å². The van der Waals surface area contributed by atoms with E-state index in [4.69, 9.17) is 9.47 Å². The van der Waals surface area contributed by atoms with Gasteiger partial charge in [0.05, 0.1) is 0 Å². The zero-order valence-electron chi connectivity index (χ0n) is 20.9. The van der Waals surface area contributed by atoms with E-state index >= 15 is 0 Å². The largest absolute Gasteiger partial charge is 0.454 e. The van der Waals surface area contributed by atoms with Crippen molar-refractivity contribution in [2.75, 3.05) is 18.7 Å². The molecule has 0 spiro atoms. The number of amides is 2. The van der Waals surface area contributed by atoms with Crippen LogP contribution in [-0.2, 0) is 4.79 Å². The topological polar surface area (TPSA) is 93.7 Å². The normalized spacial score (nSPS) is 14.9. The Morgan fingerprint density at radius 3 is 2.61 bits per heavy atom. The molecule has 2 aliphatic rings. The van der Waals surface area contributed by atoms with Crippen LogP contribution in [0.4, 0.5) is 5.13 Å². The van der Waals surface area contributed by atoms with E-state index < -0.39 is 0 Å². The molecule has 9 heteroatoms. The highest BCUT2D eigenvalue weighted by molar-refractivity contribution is 7.18. The fraction of sp³-hybridized carbons (Fsp3) is 0.310. The summed E-state index contributed by atoms with van der Waals surface area (Å²) in [6, 6.07) is 19.6. The van der Waals surface area contributed by atoms with Crippen molar-refractivity contribution in [2.45, 2.75) is 44.6 Å². The first-order valence-electron chi connectivity index (χ1n) is 13.0. The first kappa shape index (κ1) is 24.4. The highest BCUT2D eigenvalue weighted by atomic mass is 32.1. The number of rotatable bonds is 7. The number of anilines is 1. The third kappa shape index (κ3) is 5.19. The van der Waals surface area contributed by atoms with Crippen LogP contribution in [0, 0.1) is 0 Å². The van der Waals surface area contributed by atoms with E-state index in [0.717, 1.165) is 42.0 Å². The highest BCUT2D eigenvalue weighted by Crippen LogP contribution is 2.37. The second-order valence-electron chi connectivity index (χ2n) is 9.63. The maximum Gasteiger partial charge on any atom is 0.254 e. The number of fused-ring (bicyclic) bond motifs is 2. The van der Waals surface area contributed by atoms with Gasteiger partial charge in [-0.3, -0.25) is 9.59 Å². The third-order valence-electron chi connectivity index (χ3n) is 7.14. The summed E-state index contributed by atoms with van der Waals surface area (Å²) in [4.78, 5) is 28.4. The second-order valence-corrected chi connectivity index (χ2v) is 10.6. The molecule has 1 fully saturated rings. The molecule has 3 aromatic carbocycles. The van der Waals surface area contributed by atoms with E-state index in [-0.39, 0.29) is 31.1 Å². The van der Waals surface area contributed by atoms with Crippen molar-refractivity contribution in [2.24, 2.45) is 0 Å². The van der Waals surface area contributed by atoms with Crippen LogP contribution < -0.4 is 14.8 Å². The first-order chi connectivity index (χ1) is 18.6. The summed E-state index contributed by atoms with van der Waals surface area (Å²) in [5, 5.41) is 14.5. The molecule has 0 atom stereocenters. The van der Waals surface area contributed by atoms with Crippen molar-refractivity contribution in [1.82, 2.24) is 15.1 Å². The Morgan fingerprint density at radius 2 is 1.74 bits per heavy atom. The minimum Gasteiger partial charge on any atom is -0.454 e. The van der Waals surface area contributed by atoms with Crippen LogP contribution in [0.1, 0.15) is 48.9 Å². The molecule has 1 saturated carbocycles. The van der Waals surface area contributed by atoms with Gasteiger partial charge >= 0.3 is 0 Å². The van der Waals surface area contributed by atoms with Crippen LogP contribution in [0.3, 0.4) is 0 Å². The molecular formula is C29H28N4O4S. The quantitative estimate of drug-likeness (QED) is 0.321. The number of benzene rings is 3. The Hall–Kier alpha value is -3.98. The smallest absolute Gasteiger partial charge is 0.254 e. The number of nitrogens with zero attached hydrogens (tertiary/aromatic N) is 3. The van der Waals surface area contributed by atoms with Gasteiger partial charge in [0.1, 0.15) is 5.01 Å². The molecule has 1 N–H and O–H groups in total. The highest BCUT2D eigenvalue weighted by Gasteiger charge is 2.27. The van der Waals surface area contributed by atoms with Gasteiger partial charge in [-0.1, -0.05) is 60.9 Å². The minimum absolute atomic E-state index is 0.0172. The summed E-state index contributed by atoms with van der Waals surface area (Å²) in [5.74, 6) is 1.16. The summed E-state index contributed by atoms with van der Waals surface area (Å²) in [6.45, 7) is 0.563. The SMILES string of the molecule is O=C(CCN(C(=O)c1ccc2ccccc2c1)C1CCCCC1)Nc1nnc(-c2ccc3c(c2)OCO3)s1. The Kier molecular flexibility index (Phi) is 6.92.